The molecule has 1 aliphatic carbocycles. The topological polar surface area (TPSA) is 219 Å². The van der Waals surface area contributed by atoms with Crippen molar-refractivity contribution >= 4 is 34.5 Å². The second-order valence-electron chi connectivity index (χ2n) is 10.5. The minimum Gasteiger partial charge on any atom is -0.394 e. The summed E-state index contributed by atoms with van der Waals surface area (Å²) in [4.78, 5) is 72.2. The number of carbonyl (C=O) groups is 2. The van der Waals surface area contributed by atoms with Gasteiger partial charge in [0.1, 0.15) is 29.1 Å². The molecule has 0 bridgehead atoms. The first-order valence-corrected chi connectivity index (χ1v) is 13.8. The number of H-pyrrole nitrogens is 1. The number of nitrogens with two attached hydrogens (primary N) is 1. The molecule has 0 spiro atoms. The van der Waals surface area contributed by atoms with Crippen molar-refractivity contribution in [3.05, 3.63) is 120 Å². The fourth-order valence-corrected chi connectivity index (χ4v) is 5.41. The van der Waals surface area contributed by atoms with Crippen molar-refractivity contribution in [3.8, 4) is 11.4 Å². The van der Waals surface area contributed by atoms with Crippen LogP contribution in [0.25, 0.3) is 17.0 Å². The number of aromatic amines is 1. The zero-order valence-corrected chi connectivity index (χ0v) is 23.3. The van der Waals surface area contributed by atoms with Crippen LogP contribution in [0.5, 0.6) is 0 Å². The van der Waals surface area contributed by atoms with Gasteiger partial charge in [-0.2, -0.15) is 0 Å². The van der Waals surface area contributed by atoms with Crippen LogP contribution in [0.3, 0.4) is 0 Å². The Bertz CT molecular complexity index is 2270. The highest BCUT2D eigenvalue weighted by Gasteiger charge is 2.27. The number of nitrogens with one attached hydrogen (secondary N) is 4. The third-order valence-electron chi connectivity index (χ3n) is 7.69. The summed E-state index contributed by atoms with van der Waals surface area (Å²) in [5, 5.41) is 12.4. The van der Waals surface area contributed by atoms with E-state index in [1.54, 1.807) is 30.3 Å². The molecule has 7 rings (SSSR count). The number of hydrogen-bond acceptors (Lipinski definition) is 11. The number of imidazole rings is 1. The van der Waals surface area contributed by atoms with E-state index in [1.807, 2.05) is 12.1 Å². The van der Waals surface area contributed by atoms with Crippen molar-refractivity contribution in [1.82, 2.24) is 35.1 Å². The first-order valence-electron chi connectivity index (χ1n) is 13.8. The van der Waals surface area contributed by atoms with Crippen LogP contribution in [-0.4, -0.2) is 36.3 Å². The molecule has 15 nitrogen and oxygen atoms in total. The quantitative estimate of drug-likeness (QED) is 0.156. The average Bonchev–Trinajstić information content (AvgIpc) is 3.81. The minimum atomic E-state index is -0.720. The Morgan fingerprint density at radius 2 is 1.93 bits per heavy atom. The third kappa shape index (κ3) is 5.01. The Labute approximate surface area is 251 Å². The van der Waals surface area contributed by atoms with E-state index in [4.69, 9.17) is 5.73 Å². The van der Waals surface area contributed by atoms with Crippen LogP contribution in [0.1, 0.15) is 50.1 Å². The lowest BCUT2D eigenvalue weighted by molar-refractivity contribution is 0.0931. The maximum atomic E-state index is 13.4. The monoisotopic (exact) mass is 605 g/mol. The molecule has 0 saturated carbocycles. The normalized spacial score (nSPS) is 14.0. The summed E-state index contributed by atoms with van der Waals surface area (Å²) < 4.78 is 6.08. The highest BCUT2D eigenvalue weighted by molar-refractivity contribution is 5.98. The van der Waals surface area contributed by atoms with E-state index < -0.39 is 28.4 Å². The SMILES string of the molecule is Nc1c(Nc2cccc(CNC(=O)c3cc(C(=O)N[C@H]4CCc5cc(-c6noc(=O)[nH]6)ccc54)nc4cncn34)c2)c(=O)c1=O. The number of anilines is 3. The van der Waals surface area contributed by atoms with E-state index in [0.717, 1.165) is 11.1 Å². The van der Waals surface area contributed by atoms with Crippen LogP contribution < -0.4 is 38.3 Å². The van der Waals surface area contributed by atoms with Crippen molar-refractivity contribution in [2.75, 3.05) is 11.1 Å². The number of aromatic nitrogens is 5. The van der Waals surface area contributed by atoms with Gasteiger partial charge in [-0.1, -0.05) is 29.4 Å². The van der Waals surface area contributed by atoms with Gasteiger partial charge in [0, 0.05) is 17.8 Å². The van der Waals surface area contributed by atoms with Crippen LogP contribution >= 0.6 is 0 Å². The molecule has 3 heterocycles. The first kappa shape index (κ1) is 27.5. The summed E-state index contributed by atoms with van der Waals surface area (Å²) in [6.07, 6.45) is 4.25. The highest BCUT2D eigenvalue weighted by Crippen LogP contribution is 2.33. The summed E-state index contributed by atoms with van der Waals surface area (Å²) in [6.45, 7) is 0.124. The van der Waals surface area contributed by atoms with Gasteiger partial charge in [-0.25, -0.2) is 14.8 Å². The predicted molar refractivity (Wildman–Crippen MR) is 161 cm³/mol. The van der Waals surface area contributed by atoms with Crippen LogP contribution in [0.4, 0.5) is 17.1 Å². The summed E-state index contributed by atoms with van der Waals surface area (Å²) in [5.41, 5.74) is 8.53. The van der Waals surface area contributed by atoms with Crippen LogP contribution in [-0.2, 0) is 13.0 Å². The Kier molecular flexibility index (Phi) is 6.54. The number of amides is 2. The number of rotatable bonds is 8. The fraction of sp³-hybridized carbons (Fsp3) is 0.133. The standard InChI is InChI=1S/C30H23N9O6/c31-23-24(26(41)25(23)40)34-17-3-1-2-14(8-17)11-33-29(43)21-10-20(35-22-12-32-13-39(21)22)28(42)36-19-7-5-15-9-16(4-6-18(15)19)27-37-30(44)45-38-27/h1-4,6,8-10,12-13,19,34H,5,7,11,31H2,(H,33,43)(H,36,42)(H,37,38,44)/t19-/m0/s1. The lowest BCUT2D eigenvalue weighted by atomic mass is 10.0. The van der Waals surface area contributed by atoms with Gasteiger partial charge >= 0.3 is 5.76 Å². The second-order valence-corrected chi connectivity index (χ2v) is 10.5. The largest absolute Gasteiger partial charge is 0.439 e. The first-order chi connectivity index (χ1) is 21.7. The number of aryl methyl sites for hydroxylation is 1. The van der Waals surface area contributed by atoms with Crippen LogP contribution in [0.2, 0.25) is 0 Å². The Morgan fingerprint density at radius 1 is 1.07 bits per heavy atom. The molecule has 0 aliphatic heterocycles. The van der Waals surface area contributed by atoms with E-state index in [2.05, 4.69) is 40.6 Å². The zero-order valence-electron chi connectivity index (χ0n) is 23.3. The number of benzene rings is 2. The molecule has 3 aromatic heterocycles. The maximum Gasteiger partial charge on any atom is 0.439 e. The zero-order chi connectivity index (χ0) is 31.2. The fourth-order valence-electron chi connectivity index (χ4n) is 5.41. The lowest BCUT2D eigenvalue weighted by Gasteiger charge is -2.15. The third-order valence-corrected chi connectivity index (χ3v) is 7.69. The van der Waals surface area contributed by atoms with Gasteiger partial charge in [0.05, 0.1) is 12.2 Å². The van der Waals surface area contributed by atoms with Gasteiger partial charge in [-0.15, -0.1) is 0 Å². The van der Waals surface area contributed by atoms with Crippen LogP contribution in [0, 0.1) is 0 Å². The molecule has 1 aliphatic rings. The molecule has 0 radical (unpaired) electrons. The molecule has 6 aromatic rings. The molecular weight excluding hydrogens is 582 g/mol. The summed E-state index contributed by atoms with van der Waals surface area (Å²) >= 11 is 0. The molecule has 224 valence electrons. The average molecular weight is 606 g/mol. The number of nitrogen functional groups attached to an aromatic ring is 1. The van der Waals surface area contributed by atoms with E-state index >= 15 is 0 Å². The number of nitrogens with zero attached hydrogens (tertiary/aromatic N) is 4. The minimum absolute atomic E-state index is 0.0428. The van der Waals surface area contributed by atoms with Crippen molar-refractivity contribution in [2.24, 2.45) is 0 Å². The molecule has 15 heteroatoms. The molecule has 0 saturated heterocycles. The molecule has 0 unspecified atom stereocenters. The van der Waals surface area contributed by atoms with Crippen molar-refractivity contribution in [1.29, 1.82) is 0 Å². The second kappa shape index (κ2) is 10.7. The smallest absolute Gasteiger partial charge is 0.394 e. The molecule has 2 amide bonds. The van der Waals surface area contributed by atoms with E-state index in [1.165, 1.54) is 23.0 Å². The van der Waals surface area contributed by atoms with Gasteiger partial charge in [0.2, 0.25) is 0 Å². The number of carbonyl (C=O) groups excluding carboxylic acids is 2. The van der Waals surface area contributed by atoms with Crippen molar-refractivity contribution in [3.63, 3.8) is 0 Å². The molecular formula is C30H23N9O6. The van der Waals surface area contributed by atoms with Crippen molar-refractivity contribution in [2.45, 2.75) is 25.4 Å². The molecule has 3 aromatic carbocycles. The van der Waals surface area contributed by atoms with Gasteiger partial charge < -0.3 is 21.7 Å². The molecule has 0 fully saturated rings. The van der Waals surface area contributed by atoms with E-state index in [-0.39, 0.29) is 35.3 Å². The van der Waals surface area contributed by atoms with E-state index in [0.29, 0.717) is 41.1 Å². The van der Waals surface area contributed by atoms with Crippen LogP contribution in [0.15, 0.2) is 80.0 Å². The molecule has 45 heavy (non-hydrogen) atoms. The van der Waals surface area contributed by atoms with Gasteiger partial charge in [-0.05, 0) is 53.8 Å². The molecule has 1 atom stereocenters. The van der Waals surface area contributed by atoms with E-state index in [9.17, 15) is 24.0 Å². The highest BCUT2D eigenvalue weighted by atomic mass is 16.5. The molecule has 6 N–H and O–H groups in total. The maximum absolute atomic E-state index is 13.4. The van der Waals surface area contributed by atoms with Gasteiger partial charge in [0.15, 0.2) is 11.5 Å². The predicted octanol–water partition coefficient (Wildman–Crippen LogP) is 1.34. The van der Waals surface area contributed by atoms with Crippen molar-refractivity contribution < 1.29 is 14.1 Å². The lowest BCUT2D eigenvalue weighted by Crippen LogP contribution is -2.36. The number of fused-ring (bicyclic) bond motifs is 2. The summed E-state index contributed by atoms with van der Waals surface area (Å²) in [7, 11) is 0. The summed E-state index contributed by atoms with van der Waals surface area (Å²) in [6, 6.07) is 13.6. The van der Waals surface area contributed by atoms with Gasteiger partial charge in [-0.3, -0.25) is 33.1 Å². The summed E-state index contributed by atoms with van der Waals surface area (Å²) in [5.74, 6) is -1.23. The Balaban J connectivity index is 1.06. The Hall–Kier alpha value is -6.38. The Morgan fingerprint density at radius 3 is 2.73 bits per heavy atom. The number of hydrogen-bond donors (Lipinski definition) is 5. The van der Waals surface area contributed by atoms with Gasteiger partial charge in [0.25, 0.3) is 22.7 Å².